The molecule has 0 unspecified atom stereocenters. The summed E-state index contributed by atoms with van der Waals surface area (Å²) in [7, 11) is 0. The van der Waals surface area contributed by atoms with Crippen molar-refractivity contribution < 1.29 is 19.1 Å². The van der Waals surface area contributed by atoms with Crippen LogP contribution in [0.25, 0.3) is 6.08 Å². The van der Waals surface area contributed by atoms with E-state index in [1.807, 2.05) is 6.92 Å². The van der Waals surface area contributed by atoms with Gasteiger partial charge < -0.3 is 9.47 Å². The van der Waals surface area contributed by atoms with E-state index in [0.29, 0.717) is 28.1 Å². The van der Waals surface area contributed by atoms with E-state index in [1.165, 1.54) is 17.1 Å². The van der Waals surface area contributed by atoms with E-state index >= 15 is 0 Å². The first-order valence-corrected chi connectivity index (χ1v) is 9.15. The molecule has 0 saturated carbocycles. The summed E-state index contributed by atoms with van der Waals surface area (Å²) >= 11 is 8.44. The van der Waals surface area contributed by atoms with Gasteiger partial charge in [-0.25, -0.2) is 0 Å². The second-order valence-electron chi connectivity index (χ2n) is 5.28. The van der Waals surface area contributed by atoms with Gasteiger partial charge in [-0.3, -0.25) is 19.8 Å². The highest BCUT2D eigenvalue weighted by molar-refractivity contribution is 9.10. The van der Waals surface area contributed by atoms with Crippen LogP contribution < -0.4 is 14.8 Å². The standard InChI is InChI=1S/C19H17BrN2O4S/c1-4-7-22-18(24)13(17(23)21-19(22)27)9-12-10-14(20)16(26-8-5-2)15(11-12)25-6-3/h2,4,9-11H,1,6-8H2,3H3,(H,21,23,27). The van der Waals surface area contributed by atoms with Gasteiger partial charge in [0.15, 0.2) is 16.6 Å². The monoisotopic (exact) mass is 448 g/mol. The third kappa shape index (κ3) is 4.76. The Morgan fingerprint density at radius 1 is 1.41 bits per heavy atom. The minimum absolute atomic E-state index is 0.0444. The van der Waals surface area contributed by atoms with E-state index in [-0.39, 0.29) is 23.8 Å². The molecule has 0 bridgehead atoms. The lowest BCUT2D eigenvalue weighted by Gasteiger charge is -2.27. The second-order valence-corrected chi connectivity index (χ2v) is 6.52. The summed E-state index contributed by atoms with van der Waals surface area (Å²) in [6.45, 7) is 6.10. The van der Waals surface area contributed by atoms with E-state index in [0.717, 1.165) is 0 Å². The molecule has 0 radical (unpaired) electrons. The highest BCUT2D eigenvalue weighted by atomic mass is 79.9. The lowest BCUT2D eigenvalue weighted by Crippen LogP contribution is -2.53. The molecule has 1 fully saturated rings. The molecule has 0 aliphatic carbocycles. The molecular weight excluding hydrogens is 432 g/mol. The number of hydrogen-bond donors (Lipinski definition) is 1. The van der Waals surface area contributed by atoms with Crippen molar-refractivity contribution in [3.05, 3.63) is 40.4 Å². The number of nitrogens with zero attached hydrogens (tertiary/aromatic N) is 1. The molecule has 1 aromatic rings. The summed E-state index contributed by atoms with van der Waals surface area (Å²) in [5, 5.41) is 2.55. The summed E-state index contributed by atoms with van der Waals surface area (Å²) in [5.41, 5.74) is 0.528. The van der Waals surface area contributed by atoms with E-state index in [4.69, 9.17) is 28.1 Å². The zero-order valence-corrected chi connectivity index (χ0v) is 17.0. The number of ether oxygens (including phenoxy) is 2. The average Bonchev–Trinajstić information content (AvgIpc) is 2.62. The van der Waals surface area contributed by atoms with Crippen LogP contribution in [-0.2, 0) is 9.59 Å². The van der Waals surface area contributed by atoms with Crippen LogP contribution in [-0.4, -0.2) is 41.6 Å². The fraction of sp³-hybridized carbons (Fsp3) is 0.211. The molecule has 27 heavy (non-hydrogen) atoms. The Kier molecular flexibility index (Phi) is 7.16. The molecule has 2 rings (SSSR count). The Labute approximate surface area is 171 Å². The predicted octanol–water partition coefficient (Wildman–Crippen LogP) is 2.67. The lowest BCUT2D eigenvalue weighted by atomic mass is 10.1. The maximum Gasteiger partial charge on any atom is 0.265 e. The quantitative estimate of drug-likeness (QED) is 0.228. The molecule has 2 amide bonds. The zero-order chi connectivity index (χ0) is 20.0. The van der Waals surface area contributed by atoms with Crippen LogP contribution >= 0.6 is 28.1 Å². The fourth-order valence-electron chi connectivity index (χ4n) is 2.34. The molecule has 1 N–H and O–H groups in total. The highest BCUT2D eigenvalue weighted by Gasteiger charge is 2.32. The molecule has 1 heterocycles. The van der Waals surface area contributed by atoms with Crippen LogP contribution in [0.15, 0.2) is 34.8 Å². The molecule has 1 saturated heterocycles. The molecule has 1 aliphatic rings. The predicted molar refractivity (Wildman–Crippen MR) is 110 cm³/mol. The fourth-order valence-corrected chi connectivity index (χ4v) is 3.17. The van der Waals surface area contributed by atoms with Gasteiger partial charge >= 0.3 is 0 Å². The smallest absolute Gasteiger partial charge is 0.265 e. The molecule has 1 aliphatic heterocycles. The van der Waals surface area contributed by atoms with Gasteiger partial charge in [-0.15, -0.1) is 13.0 Å². The zero-order valence-electron chi connectivity index (χ0n) is 14.6. The number of amides is 2. The Hall–Kier alpha value is -2.63. The number of terminal acetylenes is 1. The number of benzene rings is 1. The summed E-state index contributed by atoms with van der Waals surface area (Å²) in [4.78, 5) is 26.1. The molecule has 0 aromatic heterocycles. The van der Waals surface area contributed by atoms with Gasteiger partial charge in [0, 0.05) is 6.54 Å². The Morgan fingerprint density at radius 3 is 2.78 bits per heavy atom. The van der Waals surface area contributed by atoms with Crippen molar-refractivity contribution in [1.29, 1.82) is 0 Å². The van der Waals surface area contributed by atoms with Gasteiger partial charge in [0.25, 0.3) is 11.8 Å². The number of nitrogens with one attached hydrogen (secondary N) is 1. The van der Waals surface area contributed by atoms with Gasteiger partial charge in [0.2, 0.25) is 0 Å². The first-order chi connectivity index (χ1) is 12.9. The van der Waals surface area contributed by atoms with Gasteiger partial charge in [-0.2, -0.15) is 0 Å². The SMILES string of the molecule is C#CCOc1c(Br)cc(C=C2C(=O)NC(=S)N(CC=C)C2=O)cc1OCC. The normalized spacial score (nSPS) is 15.4. The maximum atomic E-state index is 12.6. The van der Waals surface area contributed by atoms with Gasteiger partial charge in [0.1, 0.15) is 12.2 Å². The van der Waals surface area contributed by atoms with E-state index in [2.05, 4.69) is 33.7 Å². The number of carbonyl (C=O) groups is 2. The number of thiocarbonyl (C=S) groups is 1. The number of hydrogen-bond acceptors (Lipinski definition) is 5. The molecule has 0 spiro atoms. The highest BCUT2D eigenvalue weighted by Crippen LogP contribution is 2.37. The Morgan fingerprint density at radius 2 is 2.15 bits per heavy atom. The van der Waals surface area contributed by atoms with Gasteiger partial charge in [-0.05, 0) is 58.8 Å². The van der Waals surface area contributed by atoms with Crippen molar-refractivity contribution in [2.24, 2.45) is 0 Å². The molecule has 140 valence electrons. The van der Waals surface area contributed by atoms with E-state index in [9.17, 15) is 9.59 Å². The lowest BCUT2D eigenvalue weighted by molar-refractivity contribution is -0.128. The van der Waals surface area contributed by atoms with Crippen LogP contribution in [0.2, 0.25) is 0 Å². The molecule has 0 atom stereocenters. The number of halogens is 1. The van der Waals surface area contributed by atoms with Crippen molar-refractivity contribution in [3.8, 4) is 23.8 Å². The topological polar surface area (TPSA) is 67.9 Å². The van der Waals surface area contributed by atoms with Crippen LogP contribution in [0.1, 0.15) is 12.5 Å². The van der Waals surface area contributed by atoms with E-state index < -0.39 is 11.8 Å². The van der Waals surface area contributed by atoms with Crippen molar-refractivity contribution in [2.75, 3.05) is 19.8 Å². The number of rotatable bonds is 7. The molecule has 6 nitrogen and oxygen atoms in total. The minimum atomic E-state index is -0.563. The molecule has 1 aromatic carbocycles. The van der Waals surface area contributed by atoms with Crippen LogP contribution in [0.4, 0.5) is 0 Å². The van der Waals surface area contributed by atoms with Crippen LogP contribution in [0, 0.1) is 12.3 Å². The third-order valence-electron chi connectivity index (χ3n) is 3.44. The summed E-state index contributed by atoms with van der Waals surface area (Å²) in [6.07, 6.45) is 8.23. The van der Waals surface area contributed by atoms with E-state index in [1.54, 1.807) is 12.1 Å². The first-order valence-electron chi connectivity index (χ1n) is 7.95. The van der Waals surface area contributed by atoms with Gasteiger partial charge in [-0.1, -0.05) is 12.0 Å². The largest absolute Gasteiger partial charge is 0.490 e. The van der Waals surface area contributed by atoms with Crippen molar-refractivity contribution >= 4 is 51.2 Å². The van der Waals surface area contributed by atoms with Crippen molar-refractivity contribution in [2.45, 2.75) is 6.92 Å². The van der Waals surface area contributed by atoms with Crippen LogP contribution in [0.5, 0.6) is 11.5 Å². The summed E-state index contributed by atoms with van der Waals surface area (Å²) in [6, 6.07) is 3.37. The number of carbonyl (C=O) groups excluding carboxylic acids is 2. The maximum absolute atomic E-state index is 12.6. The van der Waals surface area contributed by atoms with Gasteiger partial charge in [0.05, 0.1) is 11.1 Å². The first kappa shape index (κ1) is 20.7. The Balaban J connectivity index is 2.46. The molecule has 8 heteroatoms. The summed E-state index contributed by atoms with van der Waals surface area (Å²) in [5.74, 6) is 2.22. The van der Waals surface area contributed by atoms with Crippen molar-refractivity contribution in [1.82, 2.24) is 10.2 Å². The summed E-state index contributed by atoms with van der Waals surface area (Å²) < 4.78 is 11.7. The second kappa shape index (κ2) is 9.35. The third-order valence-corrected chi connectivity index (χ3v) is 4.35. The van der Waals surface area contributed by atoms with Crippen LogP contribution in [0.3, 0.4) is 0 Å². The minimum Gasteiger partial charge on any atom is -0.490 e. The van der Waals surface area contributed by atoms with Crippen molar-refractivity contribution in [3.63, 3.8) is 0 Å². The molecular formula is C19H17BrN2O4S. The average molecular weight is 449 g/mol. The Bertz CT molecular complexity index is 873.